The largest absolute Gasteiger partial charge is 0.352 e. The van der Waals surface area contributed by atoms with Crippen molar-refractivity contribution >= 4 is 5.91 Å². The predicted octanol–water partition coefficient (Wildman–Crippen LogP) is 3.09. The summed E-state index contributed by atoms with van der Waals surface area (Å²) in [4.78, 5) is 23.4. The summed E-state index contributed by atoms with van der Waals surface area (Å²) in [6.07, 6.45) is 5.56. The number of hydrogen-bond donors (Lipinski definition) is 1. The van der Waals surface area contributed by atoms with Gasteiger partial charge in [-0.3, -0.25) is 9.59 Å². The molecule has 0 radical (unpaired) electrons. The molecule has 0 aliphatic rings. The Morgan fingerprint density at radius 3 is 2.48 bits per heavy atom. The fraction of sp³-hybridized carbons (Fsp3) is 0.368. The first-order chi connectivity index (χ1) is 11.2. The van der Waals surface area contributed by atoms with E-state index < -0.39 is 0 Å². The van der Waals surface area contributed by atoms with Crippen molar-refractivity contribution in [2.24, 2.45) is 0 Å². The summed E-state index contributed by atoms with van der Waals surface area (Å²) in [6, 6.07) is 13.1. The van der Waals surface area contributed by atoms with E-state index >= 15 is 0 Å². The summed E-state index contributed by atoms with van der Waals surface area (Å²) in [5.74, 6) is 0.110. The van der Waals surface area contributed by atoms with Crippen LogP contribution in [-0.4, -0.2) is 10.5 Å². The number of amides is 1. The number of carbonyl (C=O) groups is 1. The molecular formula is C19H24N2O2. The topological polar surface area (TPSA) is 51.1 Å². The summed E-state index contributed by atoms with van der Waals surface area (Å²) in [5.41, 5.74) is 2.13. The summed E-state index contributed by atoms with van der Waals surface area (Å²) in [5, 5.41) is 2.94. The number of hydrogen-bond acceptors (Lipinski definition) is 2. The molecule has 0 aliphatic heterocycles. The molecule has 1 N–H and O–H groups in total. The zero-order valence-corrected chi connectivity index (χ0v) is 13.6. The van der Waals surface area contributed by atoms with Crippen molar-refractivity contribution in [2.45, 2.75) is 45.7 Å². The van der Waals surface area contributed by atoms with Crippen LogP contribution in [-0.2, 0) is 17.9 Å². The van der Waals surface area contributed by atoms with Crippen molar-refractivity contribution in [1.29, 1.82) is 0 Å². The van der Waals surface area contributed by atoms with Gasteiger partial charge in [0.15, 0.2) is 0 Å². The predicted molar refractivity (Wildman–Crippen MR) is 92.2 cm³/mol. The highest BCUT2D eigenvalue weighted by molar-refractivity contribution is 5.75. The highest BCUT2D eigenvalue weighted by Crippen LogP contribution is 2.06. The van der Waals surface area contributed by atoms with E-state index in [4.69, 9.17) is 0 Å². The average Bonchev–Trinajstić information content (AvgIpc) is 2.56. The van der Waals surface area contributed by atoms with Crippen LogP contribution in [0.1, 0.15) is 43.7 Å². The molecule has 2 aromatic rings. The Labute approximate surface area is 137 Å². The monoisotopic (exact) mass is 312 g/mol. The third kappa shape index (κ3) is 5.74. The van der Waals surface area contributed by atoms with Gasteiger partial charge in [0.05, 0.1) is 6.54 Å². The Balaban J connectivity index is 1.84. The Kier molecular flexibility index (Phi) is 6.60. The maximum atomic E-state index is 11.7. The number of nitrogens with zero attached hydrogens (tertiary/aromatic N) is 1. The highest BCUT2D eigenvalue weighted by atomic mass is 16.1. The Hall–Kier alpha value is -2.36. The van der Waals surface area contributed by atoms with E-state index in [1.807, 2.05) is 30.3 Å². The summed E-state index contributed by atoms with van der Waals surface area (Å²) in [7, 11) is 0. The van der Waals surface area contributed by atoms with E-state index in [0.29, 0.717) is 19.5 Å². The minimum Gasteiger partial charge on any atom is -0.352 e. The average molecular weight is 312 g/mol. The van der Waals surface area contributed by atoms with Gasteiger partial charge in [-0.1, -0.05) is 50.1 Å². The molecule has 0 spiro atoms. The van der Waals surface area contributed by atoms with Gasteiger partial charge in [-0.25, -0.2) is 0 Å². The van der Waals surface area contributed by atoms with Gasteiger partial charge in [0.1, 0.15) is 0 Å². The van der Waals surface area contributed by atoms with Crippen LogP contribution >= 0.6 is 0 Å². The summed E-state index contributed by atoms with van der Waals surface area (Å²) >= 11 is 0. The molecule has 1 aromatic heterocycles. The number of aromatic nitrogens is 1. The molecule has 1 aromatic carbocycles. The maximum Gasteiger partial charge on any atom is 0.250 e. The fourth-order valence-corrected chi connectivity index (χ4v) is 2.38. The van der Waals surface area contributed by atoms with Crippen molar-refractivity contribution in [3.8, 4) is 0 Å². The number of rotatable bonds is 8. The lowest BCUT2D eigenvalue weighted by Crippen LogP contribution is -2.22. The van der Waals surface area contributed by atoms with Crippen LogP contribution < -0.4 is 10.9 Å². The Morgan fingerprint density at radius 2 is 1.78 bits per heavy atom. The number of benzene rings is 1. The van der Waals surface area contributed by atoms with E-state index in [1.165, 1.54) is 0 Å². The third-order valence-corrected chi connectivity index (χ3v) is 3.77. The number of pyridine rings is 1. The molecule has 122 valence electrons. The molecule has 1 heterocycles. The van der Waals surface area contributed by atoms with Crippen molar-refractivity contribution < 1.29 is 4.79 Å². The zero-order valence-electron chi connectivity index (χ0n) is 13.6. The van der Waals surface area contributed by atoms with E-state index in [2.05, 4.69) is 12.2 Å². The van der Waals surface area contributed by atoms with Crippen LogP contribution in [0.15, 0.2) is 53.5 Å². The zero-order chi connectivity index (χ0) is 16.5. The molecule has 4 heteroatoms. The van der Waals surface area contributed by atoms with E-state index in [9.17, 15) is 9.59 Å². The summed E-state index contributed by atoms with van der Waals surface area (Å²) in [6.45, 7) is 3.24. The third-order valence-electron chi connectivity index (χ3n) is 3.77. The van der Waals surface area contributed by atoms with Crippen LogP contribution in [0.4, 0.5) is 0 Å². The molecule has 0 saturated heterocycles. The highest BCUT2D eigenvalue weighted by Gasteiger charge is 2.02. The molecule has 0 bridgehead atoms. The van der Waals surface area contributed by atoms with E-state index in [-0.39, 0.29) is 11.5 Å². The molecule has 0 atom stereocenters. The van der Waals surface area contributed by atoms with Gasteiger partial charge in [0.25, 0.3) is 5.56 Å². The first-order valence-electron chi connectivity index (χ1n) is 8.19. The molecule has 0 aliphatic carbocycles. The van der Waals surface area contributed by atoms with Gasteiger partial charge >= 0.3 is 0 Å². The van der Waals surface area contributed by atoms with Gasteiger partial charge < -0.3 is 9.88 Å². The quantitative estimate of drug-likeness (QED) is 0.762. The van der Waals surface area contributed by atoms with Gasteiger partial charge in [0.2, 0.25) is 5.91 Å². The first-order valence-corrected chi connectivity index (χ1v) is 8.19. The lowest BCUT2D eigenvalue weighted by molar-refractivity contribution is -0.121. The van der Waals surface area contributed by atoms with E-state index in [1.54, 1.807) is 22.9 Å². The number of unbranched alkanes of at least 4 members (excludes halogenated alkanes) is 2. The molecule has 0 saturated carbocycles. The van der Waals surface area contributed by atoms with Crippen LogP contribution in [0.3, 0.4) is 0 Å². The van der Waals surface area contributed by atoms with Crippen LogP contribution in [0.5, 0.6) is 0 Å². The van der Waals surface area contributed by atoms with Gasteiger partial charge in [-0.2, -0.15) is 0 Å². The SMILES string of the molecule is CCCCCC(=O)NCc1ccc(Cn2ccccc2=O)cc1. The molecular weight excluding hydrogens is 288 g/mol. The fourth-order valence-electron chi connectivity index (χ4n) is 2.38. The normalized spacial score (nSPS) is 10.5. The molecule has 23 heavy (non-hydrogen) atoms. The minimum atomic E-state index is -0.00378. The van der Waals surface area contributed by atoms with Gasteiger partial charge in [-0.05, 0) is 23.6 Å². The smallest absolute Gasteiger partial charge is 0.250 e. The molecule has 4 nitrogen and oxygen atoms in total. The molecule has 2 rings (SSSR count). The van der Waals surface area contributed by atoms with Crippen molar-refractivity contribution in [3.05, 3.63) is 70.1 Å². The lowest BCUT2D eigenvalue weighted by Gasteiger charge is -2.08. The van der Waals surface area contributed by atoms with Gasteiger partial charge in [0, 0.05) is 25.2 Å². The van der Waals surface area contributed by atoms with Crippen LogP contribution in [0.25, 0.3) is 0 Å². The second-order valence-corrected chi connectivity index (χ2v) is 5.72. The van der Waals surface area contributed by atoms with Crippen molar-refractivity contribution in [3.63, 3.8) is 0 Å². The maximum absolute atomic E-state index is 11.7. The second kappa shape index (κ2) is 8.93. The second-order valence-electron chi connectivity index (χ2n) is 5.72. The summed E-state index contributed by atoms with van der Waals surface area (Å²) < 4.78 is 1.67. The van der Waals surface area contributed by atoms with Crippen molar-refractivity contribution in [2.75, 3.05) is 0 Å². The van der Waals surface area contributed by atoms with Crippen molar-refractivity contribution in [1.82, 2.24) is 9.88 Å². The lowest BCUT2D eigenvalue weighted by atomic mass is 10.1. The first kappa shape index (κ1) is 17.0. The number of carbonyl (C=O) groups excluding carboxylic acids is 1. The molecule has 1 amide bonds. The Bertz CT molecular complexity index is 674. The minimum absolute atomic E-state index is 0.00378. The van der Waals surface area contributed by atoms with E-state index in [0.717, 1.165) is 30.4 Å². The molecule has 0 fully saturated rings. The number of nitrogens with one attached hydrogen (secondary N) is 1. The van der Waals surface area contributed by atoms with Crippen LogP contribution in [0, 0.1) is 0 Å². The van der Waals surface area contributed by atoms with Gasteiger partial charge in [-0.15, -0.1) is 0 Å². The standard InChI is InChI=1S/C19H24N2O2/c1-2-3-4-7-18(22)20-14-16-9-11-17(12-10-16)15-21-13-6-5-8-19(21)23/h5-6,8-13H,2-4,7,14-15H2,1H3,(H,20,22). The van der Waals surface area contributed by atoms with Crippen LogP contribution in [0.2, 0.25) is 0 Å². The Morgan fingerprint density at radius 1 is 1.04 bits per heavy atom. The molecule has 0 unspecified atom stereocenters.